The zero-order valence-corrected chi connectivity index (χ0v) is 11.9. The largest absolute Gasteiger partial charge is 0.305 e. The van der Waals surface area contributed by atoms with Gasteiger partial charge >= 0.3 is 0 Å². The molecule has 1 unspecified atom stereocenters. The summed E-state index contributed by atoms with van der Waals surface area (Å²) in [6.45, 7) is 5.58. The predicted octanol–water partition coefficient (Wildman–Crippen LogP) is 3.61. The maximum atomic E-state index is 11.7. The highest BCUT2D eigenvalue weighted by molar-refractivity contribution is 14.1. The second-order valence-electron chi connectivity index (χ2n) is 3.61. The van der Waals surface area contributed by atoms with E-state index >= 15 is 0 Å². The molecule has 1 aromatic carbocycles. The minimum Gasteiger partial charge on any atom is -0.305 e. The Hall–Kier alpha value is -0.840. The molecule has 1 atom stereocenters. The first-order valence-electron chi connectivity index (χ1n) is 5.25. The third-order valence-electron chi connectivity index (χ3n) is 2.33. The minimum atomic E-state index is 0.0646. The van der Waals surface area contributed by atoms with Crippen LogP contribution in [0.1, 0.15) is 20.8 Å². The van der Waals surface area contributed by atoms with E-state index in [9.17, 15) is 4.79 Å². The average molecular weight is 329 g/mol. The third kappa shape index (κ3) is 3.07. The number of carbonyl (C=O) groups is 1. The Bertz CT molecular complexity index is 401. The van der Waals surface area contributed by atoms with Crippen LogP contribution in [0.3, 0.4) is 0 Å². The first-order valence-corrected chi connectivity index (χ1v) is 6.33. The van der Waals surface area contributed by atoms with Crippen molar-refractivity contribution in [1.82, 2.24) is 0 Å². The summed E-state index contributed by atoms with van der Waals surface area (Å²) in [5.41, 5.74) is 0.973. The van der Waals surface area contributed by atoms with Crippen LogP contribution in [0.25, 0.3) is 0 Å². The SMILES string of the molecule is C/C=C/C(C)N(C(C)=O)c1ccccc1I. The van der Waals surface area contributed by atoms with Crippen LogP contribution in [0.5, 0.6) is 0 Å². The van der Waals surface area contributed by atoms with E-state index in [1.807, 2.05) is 55.2 Å². The van der Waals surface area contributed by atoms with Gasteiger partial charge < -0.3 is 4.90 Å². The molecule has 0 spiro atoms. The summed E-state index contributed by atoms with van der Waals surface area (Å²) in [4.78, 5) is 13.5. The van der Waals surface area contributed by atoms with Gasteiger partial charge in [0.1, 0.15) is 0 Å². The summed E-state index contributed by atoms with van der Waals surface area (Å²) in [5, 5.41) is 0. The smallest absolute Gasteiger partial charge is 0.224 e. The molecule has 2 nitrogen and oxygen atoms in total. The molecule has 86 valence electrons. The molecule has 3 heteroatoms. The van der Waals surface area contributed by atoms with Crippen molar-refractivity contribution < 1.29 is 4.79 Å². The van der Waals surface area contributed by atoms with Crippen LogP contribution in [-0.2, 0) is 4.79 Å². The number of benzene rings is 1. The molecule has 1 rings (SSSR count). The van der Waals surface area contributed by atoms with Crippen molar-refractivity contribution >= 4 is 34.2 Å². The molecule has 0 heterocycles. The Balaban J connectivity index is 3.13. The highest BCUT2D eigenvalue weighted by atomic mass is 127. The van der Waals surface area contributed by atoms with Crippen LogP contribution in [0.2, 0.25) is 0 Å². The Kier molecular flexibility index (Phi) is 4.99. The van der Waals surface area contributed by atoms with Crippen molar-refractivity contribution in [2.24, 2.45) is 0 Å². The second-order valence-corrected chi connectivity index (χ2v) is 4.77. The van der Waals surface area contributed by atoms with Gasteiger partial charge in [0.05, 0.1) is 11.7 Å². The molecule has 1 amide bonds. The van der Waals surface area contributed by atoms with Crippen molar-refractivity contribution in [1.29, 1.82) is 0 Å². The summed E-state index contributed by atoms with van der Waals surface area (Å²) in [6, 6.07) is 8.00. The number of nitrogens with zero attached hydrogens (tertiary/aromatic N) is 1. The zero-order valence-electron chi connectivity index (χ0n) is 9.77. The molecule has 0 aliphatic heterocycles. The maximum Gasteiger partial charge on any atom is 0.224 e. The van der Waals surface area contributed by atoms with E-state index in [4.69, 9.17) is 0 Å². The van der Waals surface area contributed by atoms with Gasteiger partial charge in [0.2, 0.25) is 5.91 Å². The van der Waals surface area contributed by atoms with Gasteiger partial charge in [-0.2, -0.15) is 0 Å². The number of allylic oxidation sites excluding steroid dienone is 1. The summed E-state index contributed by atoms with van der Waals surface area (Å²) in [6.07, 6.45) is 3.99. The van der Waals surface area contributed by atoms with Crippen molar-refractivity contribution in [3.63, 3.8) is 0 Å². The normalized spacial score (nSPS) is 12.8. The molecule has 0 bridgehead atoms. The maximum absolute atomic E-state index is 11.7. The molecule has 0 aliphatic rings. The van der Waals surface area contributed by atoms with Gasteiger partial charge in [0.15, 0.2) is 0 Å². The van der Waals surface area contributed by atoms with Gasteiger partial charge in [-0.3, -0.25) is 4.79 Å². The lowest BCUT2D eigenvalue weighted by atomic mass is 10.2. The van der Waals surface area contributed by atoms with Gasteiger partial charge in [-0.25, -0.2) is 0 Å². The van der Waals surface area contributed by atoms with Crippen LogP contribution in [0.15, 0.2) is 36.4 Å². The Morgan fingerprint density at radius 2 is 2.06 bits per heavy atom. The third-order valence-corrected chi connectivity index (χ3v) is 3.24. The summed E-state index contributed by atoms with van der Waals surface area (Å²) in [5.74, 6) is 0.0646. The van der Waals surface area contributed by atoms with Gasteiger partial charge in [-0.1, -0.05) is 24.3 Å². The van der Waals surface area contributed by atoms with E-state index in [1.165, 1.54) is 0 Å². The number of amides is 1. The van der Waals surface area contributed by atoms with Crippen molar-refractivity contribution in [2.75, 3.05) is 4.90 Å². The molecule has 0 N–H and O–H groups in total. The fraction of sp³-hybridized carbons (Fsp3) is 0.308. The van der Waals surface area contributed by atoms with Crippen LogP contribution in [0.4, 0.5) is 5.69 Å². The monoisotopic (exact) mass is 329 g/mol. The quantitative estimate of drug-likeness (QED) is 0.613. The summed E-state index contributed by atoms with van der Waals surface area (Å²) >= 11 is 2.25. The average Bonchev–Trinajstić information content (AvgIpc) is 2.21. The summed E-state index contributed by atoms with van der Waals surface area (Å²) in [7, 11) is 0. The fourth-order valence-corrected chi connectivity index (χ4v) is 2.33. The number of carbonyl (C=O) groups excluding carboxylic acids is 1. The first-order chi connectivity index (χ1) is 7.57. The lowest BCUT2D eigenvalue weighted by molar-refractivity contribution is -0.116. The standard InChI is InChI=1S/C13H16INO/c1-4-7-10(2)15(11(3)16)13-9-6-5-8-12(13)14/h4-10H,1-3H3/b7-4+. The molecule has 0 radical (unpaired) electrons. The fourth-order valence-electron chi connectivity index (χ4n) is 1.69. The van der Waals surface area contributed by atoms with Crippen LogP contribution in [0, 0.1) is 3.57 Å². The van der Waals surface area contributed by atoms with Gasteiger partial charge in [-0.05, 0) is 48.6 Å². The first kappa shape index (κ1) is 13.2. The predicted molar refractivity (Wildman–Crippen MR) is 76.6 cm³/mol. The van der Waals surface area contributed by atoms with E-state index in [1.54, 1.807) is 6.92 Å². The number of para-hydroxylation sites is 1. The molecular formula is C13H16INO. The van der Waals surface area contributed by atoms with E-state index in [0.29, 0.717) is 0 Å². The van der Waals surface area contributed by atoms with Crippen LogP contribution >= 0.6 is 22.6 Å². The summed E-state index contributed by atoms with van der Waals surface area (Å²) < 4.78 is 1.09. The number of hydrogen-bond acceptors (Lipinski definition) is 1. The number of halogens is 1. The van der Waals surface area contributed by atoms with Crippen molar-refractivity contribution in [3.05, 3.63) is 40.0 Å². The van der Waals surface area contributed by atoms with Crippen LogP contribution < -0.4 is 4.90 Å². The van der Waals surface area contributed by atoms with Gasteiger partial charge in [0, 0.05) is 10.5 Å². The van der Waals surface area contributed by atoms with Gasteiger partial charge in [0.25, 0.3) is 0 Å². The molecule has 0 saturated carbocycles. The second kappa shape index (κ2) is 6.03. The topological polar surface area (TPSA) is 20.3 Å². The van der Waals surface area contributed by atoms with E-state index in [0.717, 1.165) is 9.26 Å². The zero-order chi connectivity index (χ0) is 12.1. The van der Waals surface area contributed by atoms with E-state index < -0.39 is 0 Å². The number of rotatable bonds is 3. The molecule has 16 heavy (non-hydrogen) atoms. The van der Waals surface area contributed by atoms with E-state index in [-0.39, 0.29) is 11.9 Å². The molecular weight excluding hydrogens is 313 g/mol. The van der Waals surface area contributed by atoms with Crippen molar-refractivity contribution in [2.45, 2.75) is 26.8 Å². The number of hydrogen-bond donors (Lipinski definition) is 0. The molecule has 1 aromatic rings. The molecule has 0 fully saturated rings. The lowest BCUT2D eigenvalue weighted by Gasteiger charge is -2.27. The highest BCUT2D eigenvalue weighted by Gasteiger charge is 2.18. The van der Waals surface area contributed by atoms with Gasteiger partial charge in [-0.15, -0.1) is 0 Å². The molecule has 0 aromatic heterocycles. The Labute approximate surface area is 110 Å². The van der Waals surface area contributed by atoms with Crippen LogP contribution in [-0.4, -0.2) is 11.9 Å². The van der Waals surface area contributed by atoms with E-state index in [2.05, 4.69) is 22.6 Å². The lowest BCUT2D eigenvalue weighted by Crippen LogP contribution is -2.36. The van der Waals surface area contributed by atoms with Crippen molar-refractivity contribution in [3.8, 4) is 0 Å². The number of anilines is 1. The minimum absolute atomic E-state index is 0.0646. The Morgan fingerprint density at radius 1 is 1.44 bits per heavy atom. The molecule has 0 saturated heterocycles. The highest BCUT2D eigenvalue weighted by Crippen LogP contribution is 2.24. The Morgan fingerprint density at radius 3 is 2.56 bits per heavy atom. The molecule has 0 aliphatic carbocycles.